The Balaban J connectivity index is 2.84. The topological polar surface area (TPSA) is 66.8 Å². The first-order chi connectivity index (χ1) is 8.84. The van der Waals surface area contributed by atoms with E-state index in [1.165, 1.54) is 17.0 Å². The van der Waals surface area contributed by atoms with Crippen molar-refractivity contribution < 1.29 is 23.8 Å². The molecule has 1 amide bonds. The van der Waals surface area contributed by atoms with Gasteiger partial charge < -0.3 is 14.7 Å². The largest absolute Gasteiger partial charge is 0.480 e. The number of carbonyl (C=O) groups is 2. The minimum atomic E-state index is -1.31. The van der Waals surface area contributed by atoms with Crippen molar-refractivity contribution in [2.24, 2.45) is 0 Å². The van der Waals surface area contributed by atoms with E-state index in [1.54, 1.807) is 7.05 Å². The number of hydrogen-bond donors (Lipinski definition) is 1. The zero-order chi connectivity index (χ0) is 14.6. The van der Waals surface area contributed by atoms with Gasteiger partial charge >= 0.3 is 5.97 Å². The number of halogens is 1. The van der Waals surface area contributed by atoms with Crippen LogP contribution in [0.25, 0.3) is 0 Å². The molecule has 0 aliphatic heterocycles. The van der Waals surface area contributed by atoms with Gasteiger partial charge in [0.1, 0.15) is 5.56 Å². The van der Waals surface area contributed by atoms with Gasteiger partial charge in [0.05, 0.1) is 0 Å². The average Bonchev–Trinajstić information content (AvgIpc) is 2.35. The molecule has 19 heavy (non-hydrogen) atoms. The Hall–Kier alpha value is -2.11. The molecule has 5 nitrogen and oxygen atoms in total. The number of ether oxygens (including phenoxy) is 1. The fourth-order valence-electron chi connectivity index (χ4n) is 1.35. The molecule has 0 radical (unpaired) electrons. The van der Waals surface area contributed by atoms with Gasteiger partial charge in [-0.2, -0.15) is 0 Å². The first kappa shape index (κ1) is 14.9. The molecule has 0 unspecified atom stereocenters. The number of aromatic carboxylic acids is 1. The van der Waals surface area contributed by atoms with Crippen LogP contribution in [0.15, 0.2) is 18.2 Å². The second-order valence-electron chi connectivity index (χ2n) is 4.31. The fourth-order valence-corrected chi connectivity index (χ4v) is 1.35. The van der Waals surface area contributed by atoms with Crippen LogP contribution in [0, 0.1) is 5.82 Å². The highest BCUT2D eigenvalue weighted by atomic mass is 19.1. The van der Waals surface area contributed by atoms with E-state index in [-0.39, 0.29) is 17.5 Å². The summed E-state index contributed by atoms with van der Waals surface area (Å²) in [5, 5.41) is 8.91. The number of carboxylic acids is 1. The maximum Gasteiger partial charge on any atom is 0.339 e. The maximum absolute atomic E-state index is 13.5. The number of carboxylic acid groups (broad SMARTS) is 1. The minimum Gasteiger partial charge on any atom is -0.480 e. The Labute approximate surface area is 110 Å². The summed E-state index contributed by atoms with van der Waals surface area (Å²) in [7, 11) is 1.59. The monoisotopic (exact) mass is 269 g/mol. The molecule has 0 atom stereocenters. The Morgan fingerprint density at radius 2 is 2.05 bits per heavy atom. The molecule has 0 saturated carbocycles. The molecule has 0 aliphatic rings. The van der Waals surface area contributed by atoms with Crippen molar-refractivity contribution in [3.63, 3.8) is 0 Å². The van der Waals surface area contributed by atoms with Gasteiger partial charge in [-0.3, -0.25) is 4.79 Å². The molecule has 0 aliphatic carbocycles. The molecule has 1 N–H and O–H groups in total. The predicted octanol–water partition coefficient (Wildman–Crippen LogP) is 1.77. The Morgan fingerprint density at radius 3 is 2.58 bits per heavy atom. The Kier molecular flexibility index (Phi) is 4.86. The smallest absolute Gasteiger partial charge is 0.339 e. The number of amides is 1. The van der Waals surface area contributed by atoms with Crippen molar-refractivity contribution in [2.45, 2.75) is 19.9 Å². The summed E-state index contributed by atoms with van der Waals surface area (Å²) in [4.78, 5) is 24.0. The first-order valence-corrected chi connectivity index (χ1v) is 5.74. The van der Waals surface area contributed by atoms with Gasteiger partial charge in [-0.15, -0.1) is 0 Å². The first-order valence-electron chi connectivity index (χ1n) is 5.74. The van der Waals surface area contributed by atoms with Crippen LogP contribution in [0.4, 0.5) is 4.39 Å². The lowest BCUT2D eigenvalue weighted by atomic mass is 10.2. The van der Waals surface area contributed by atoms with E-state index in [9.17, 15) is 14.0 Å². The van der Waals surface area contributed by atoms with E-state index < -0.39 is 24.1 Å². The molecular formula is C13H16FNO4. The molecule has 0 saturated heterocycles. The molecule has 104 valence electrons. The molecule has 0 aromatic heterocycles. The summed E-state index contributed by atoms with van der Waals surface area (Å²) in [6.45, 7) is 3.24. The number of para-hydroxylation sites is 1. The van der Waals surface area contributed by atoms with E-state index in [0.29, 0.717) is 0 Å². The molecule has 0 heterocycles. The molecule has 1 aromatic rings. The number of likely N-dealkylation sites (N-methyl/N-ethyl adjacent to an activating group) is 1. The predicted molar refractivity (Wildman–Crippen MR) is 66.8 cm³/mol. The van der Waals surface area contributed by atoms with E-state index >= 15 is 0 Å². The van der Waals surface area contributed by atoms with Gasteiger partial charge in [-0.1, -0.05) is 6.07 Å². The summed E-state index contributed by atoms with van der Waals surface area (Å²) in [6, 6.07) is 3.56. The quantitative estimate of drug-likeness (QED) is 0.884. The van der Waals surface area contributed by atoms with Gasteiger partial charge in [0.25, 0.3) is 5.91 Å². The third-order valence-electron chi connectivity index (χ3n) is 2.71. The fraction of sp³-hybridized carbons (Fsp3) is 0.385. The molecule has 0 fully saturated rings. The summed E-state index contributed by atoms with van der Waals surface area (Å²) in [6.07, 6.45) is 0. The van der Waals surface area contributed by atoms with Crippen molar-refractivity contribution in [2.75, 3.05) is 13.7 Å². The van der Waals surface area contributed by atoms with Crippen LogP contribution in [0.1, 0.15) is 24.2 Å². The van der Waals surface area contributed by atoms with Gasteiger partial charge in [0.15, 0.2) is 18.2 Å². The average molecular weight is 269 g/mol. The van der Waals surface area contributed by atoms with Gasteiger partial charge in [0.2, 0.25) is 0 Å². The molecule has 0 spiro atoms. The van der Waals surface area contributed by atoms with E-state index in [0.717, 1.165) is 6.07 Å². The number of carbonyl (C=O) groups excluding carboxylic acids is 1. The Bertz CT molecular complexity index is 488. The molecule has 1 aromatic carbocycles. The standard InChI is InChI=1S/C13H16FNO4/c1-8(2)15(3)11(16)7-19-12-9(13(17)18)5-4-6-10(12)14/h4-6,8H,7H2,1-3H3,(H,17,18). The second-order valence-corrected chi connectivity index (χ2v) is 4.31. The summed E-state index contributed by atoms with van der Waals surface area (Å²) in [5.41, 5.74) is -0.306. The highest BCUT2D eigenvalue weighted by Crippen LogP contribution is 2.22. The van der Waals surface area contributed by atoms with Crippen LogP contribution in [0.2, 0.25) is 0 Å². The van der Waals surface area contributed by atoms with Crippen LogP contribution in [-0.4, -0.2) is 41.6 Å². The SMILES string of the molecule is CC(C)N(C)C(=O)COc1c(F)cccc1C(=O)O. The van der Waals surface area contributed by atoms with E-state index in [1.807, 2.05) is 13.8 Å². The second kappa shape index (κ2) is 6.17. The van der Waals surface area contributed by atoms with E-state index in [2.05, 4.69) is 0 Å². The minimum absolute atomic E-state index is 0.0179. The molecule has 0 bridgehead atoms. The lowest BCUT2D eigenvalue weighted by molar-refractivity contribution is -0.133. The van der Waals surface area contributed by atoms with Crippen molar-refractivity contribution in [1.29, 1.82) is 0 Å². The van der Waals surface area contributed by atoms with Crippen LogP contribution in [0.5, 0.6) is 5.75 Å². The molecule has 6 heteroatoms. The molecular weight excluding hydrogens is 253 g/mol. The normalized spacial score (nSPS) is 10.4. The summed E-state index contributed by atoms with van der Waals surface area (Å²) >= 11 is 0. The zero-order valence-electron chi connectivity index (χ0n) is 11.0. The van der Waals surface area contributed by atoms with Crippen LogP contribution in [-0.2, 0) is 4.79 Å². The van der Waals surface area contributed by atoms with E-state index in [4.69, 9.17) is 9.84 Å². The van der Waals surface area contributed by atoms with Gasteiger partial charge in [-0.05, 0) is 26.0 Å². The van der Waals surface area contributed by atoms with Crippen LogP contribution < -0.4 is 4.74 Å². The summed E-state index contributed by atoms with van der Waals surface area (Å²) < 4.78 is 18.5. The van der Waals surface area contributed by atoms with Crippen LogP contribution >= 0.6 is 0 Å². The lowest BCUT2D eigenvalue weighted by Crippen LogP contribution is -2.36. The highest BCUT2D eigenvalue weighted by molar-refractivity contribution is 5.91. The number of rotatable bonds is 5. The third-order valence-corrected chi connectivity index (χ3v) is 2.71. The Morgan fingerprint density at radius 1 is 1.42 bits per heavy atom. The van der Waals surface area contributed by atoms with Gasteiger partial charge in [0, 0.05) is 13.1 Å². The maximum atomic E-state index is 13.5. The van der Waals surface area contributed by atoms with Crippen LogP contribution in [0.3, 0.4) is 0 Å². The highest BCUT2D eigenvalue weighted by Gasteiger charge is 2.18. The van der Waals surface area contributed by atoms with Crippen molar-refractivity contribution in [1.82, 2.24) is 4.90 Å². The zero-order valence-corrected chi connectivity index (χ0v) is 11.0. The summed E-state index contributed by atoms with van der Waals surface area (Å²) in [5.74, 6) is -2.88. The van der Waals surface area contributed by atoms with Crippen molar-refractivity contribution >= 4 is 11.9 Å². The van der Waals surface area contributed by atoms with Crippen molar-refractivity contribution in [3.8, 4) is 5.75 Å². The van der Waals surface area contributed by atoms with Gasteiger partial charge in [-0.25, -0.2) is 9.18 Å². The number of hydrogen-bond acceptors (Lipinski definition) is 3. The molecule has 1 rings (SSSR count). The third kappa shape index (κ3) is 3.67. The van der Waals surface area contributed by atoms with Crippen molar-refractivity contribution in [3.05, 3.63) is 29.6 Å². The number of benzene rings is 1. The lowest BCUT2D eigenvalue weighted by Gasteiger charge is -2.21. The number of nitrogens with zero attached hydrogens (tertiary/aromatic N) is 1.